The van der Waals surface area contributed by atoms with Gasteiger partial charge in [-0.2, -0.15) is 0 Å². The summed E-state index contributed by atoms with van der Waals surface area (Å²) < 4.78 is 31.3. The highest BCUT2D eigenvalue weighted by Crippen LogP contribution is 2.32. The molecule has 0 radical (unpaired) electrons. The highest BCUT2D eigenvalue weighted by atomic mass is 32.2. The second kappa shape index (κ2) is 10.8. The van der Waals surface area contributed by atoms with Crippen LogP contribution in [0.2, 0.25) is 0 Å². The Morgan fingerprint density at radius 2 is 1.85 bits per heavy atom. The summed E-state index contributed by atoms with van der Waals surface area (Å²) in [6.07, 6.45) is 3.74. The predicted octanol–water partition coefficient (Wildman–Crippen LogP) is 4.63. The molecule has 4 rings (SSSR count). The first kappa shape index (κ1) is 23.8. The number of carbonyl (C=O) groups excluding carboxylic acids is 1. The average Bonchev–Trinajstić information content (AvgIpc) is 3.26. The van der Waals surface area contributed by atoms with E-state index in [1.165, 1.54) is 11.3 Å². The predicted molar refractivity (Wildman–Crippen MR) is 135 cm³/mol. The number of aromatic nitrogens is 2. The van der Waals surface area contributed by atoms with Crippen molar-refractivity contribution >= 4 is 42.4 Å². The van der Waals surface area contributed by atoms with Crippen LogP contribution < -0.4 is 9.64 Å². The van der Waals surface area contributed by atoms with Crippen molar-refractivity contribution in [1.82, 2.24) is 9.97 Å². The number of carbonyl (C=O) groups is 1. The van der Waals surface area contributed by atoms with E-state index in [0.717, 1.165) is 27.1 Å². The molecule has 0 bridgehead atoms. The number of methoxy groups -OCH3 is 1. The maximum absolute atomic E-state index is 13.2. The summed E-state index contributed by atoms with van der Waals surface area (Å²) >= 11 is 1.40. The third-order valence-electron chi connectivity index (χ3n) is 5.26. The molecule has 0 fully saturated rings. The van der Waals surface area contributed by atoms with E-state index in [2.05, 4.69) is 9.97 Å². The molecule has 0 N–H and O–H groups in total. The molecule has 1 amide bonds. The fraction of sp³-hybridized carbons (Fsp3) is 0.240. The summed E-state index contributed by atoms with van der Waals surface area (Å²) in [5.74, 6) is 0.466. The van der Waals surface area contributed by atoms with Gasteiger partial charge in [-0.15, -0.1) is 0 Å². The third kappa shape index (κ3) is 6.18. The molecule has 0 aliphatic rings. The number of ether oxygens (including phenoxy) is 1. The minimum absolute atomic E-state index is 0.0267. The Labute approximate surface area is 203 Å². The monoisotopic (exact) mass is 495 g/mol. The lowest BCUT2D eigenvalue weighted by molar-refractivity contribution is -0.118. The molecular weight excluding hydrogens is 470 g/mol. The number of pyridine rings is 1. The Bertz CT molecular complexity index is 1360. The summed E-state index contributed by atoms with van der Waals surface area (Å²) in [5.41, 5.74) is 2.39. The minimum atomic E-state index is -3.32. The molecule has 9 heteroatoms. The third-order valence-corrected chi connectivity index (χ3v) is 7.98. The molecule has 0 aliphatic carbocycles. The van der Waals surface area contributed by atoms with Gasteiger partial charge in [0.15, 0.2) is 15.0 Å². The topological polar surface area (TPSA) is 89.5 Å². The zero-order valence-corrected chi connectivity index (χ0v) is 20.4. The molecule has 0 atom stereocenters. The fourth-order valence-corrected chi connectivity index (χ4v) is 5.99. The SMILES string of the molecule is COc1ccc2nc(N(Cc3cccnc3)C(=O)CCCS(=O)(=O)Cc3ccccc3)sc2c1. The van der Waals surface area contributed by atoms with Crippen LogP contribution in [0.15, 0.2) is 73.1 Å². The van der Waals surface area contributed by atoms with Gasteiger partial charge < -0.3 is 4.74 Å². The normalized spacial score (nSPS) is 11.4. The van der Waals surface area contributed by atoms with Crippen molar-refractivity contribution in [2.24, 2.45) is 0 Å². The molecule has 0 saturated heterocycles. The quantitative estimate of drug-likeness (QED) is 0.319. The van der Waals surface area contributed by atoms with Crippen LogP contribution in [-0.2, 0) is 26.9 Å². The molecule has 0 aliphatic heterocycles. The fourth-order valence-electron chi connectivity index (χ4n) is 3.55. The zero-order chi connectivity index (χ0) is 24.0. The number of sulfone groups is 1. The van der Waals surface area contributed by atoms with Gasteiger partial charge in [0.25, 0.3) is 0 Å². The van der Waals surface area contributed by atoms with Crippen LogP contribution >= 0.6 is 11.3 Å². The summed E-state index contributed by atoms with van der Waals surface area (Å²) in [6.45, 7) is 0.306. The second-order valence-corrected chi connectivity index (χ2v) is 11.0. The lowest BCUT2D eigenvalue weighted by atomic mass is 10.2. The molecular formula is C25H25N3O4S2. The standard InChI is InChI=1S/C25H25N3O4S2/c1-32-21-11-12-22-23(15-21)33-25(27-22)28(17-20-9-5-13-26-16-20)24(29)10-6-14-34(30,31)18-19-7-3-2-4-8-19/h2-5,7-9,11-13,15-16H,6,10,14,17-18H2,1H3. The molecule has 0 unspecified atom stereocenters. The number of amides is 1. The minimum Gasteiger partial charge on any atom is -0.497 e. The van der Waals surface area contributed by atoms with Crippen molar-refractivity contribution in [3.05, 3.63) is 84.2 Å². The van der Waals surface area contributed by atoms with Crippen molar-refractivity contribution in [2.45, 2.75) is 25.1 Å². The number of nitrogens with zero attached hydrogens (tertiary/aromatic N) is 3. The van der Waals surface area contributed by atoms with Gasteiger partial charge in [0, 0.05) is 18.8 Å². The summed E-state index contributed by atoms with van der Waals surface area (Å²) in [5, 5.41) is 0.559. The number of benzene rings is 2. The van der Waals surface area contributed by atoms with E-state index >= 15 is 0 Å². The largest absolute Gasteiger partial charge is 0.497 e. The van der Waals surface area contributed by atoms with Crippen molar-refractivity contribution < 1.29 is 17.9 Å². The molecule has 34 heavy (non-hydrogen) atoms. The first-order chi connectivity index (χ1) is 16.4. The van der Waals surface area contributed by atoms with Gasteiger partial charge in [0.2, 0.25) is 5.91 Å². The molecule has 0 saturated carbocycles. The Hall–Kier alpha value is -3.30. The van der Waals surface area contributed by atoms with E-state index in [4.69, 9.17) is 4.74 Å². The molecule has 2 heterocycles. The van der Waals surface area contributed by atoms with E-state index in [-0.39, 0.29) is 30.3 Å². The average molecular weight is 496 g/mol. The first-order valence-electron chi connectivity index (χ1n) is 10.8. The highest BCUT2D eigenvalue weighted by molar-refractivity contribution is 7.90. The Morgan fingerprint density at radius 3 is 2.59 bits per heavy atom. The van der Waals surface area contributed by atoms with Crippen LogP contribution in [0, 0.1) is 0 Å². The smallest absolute Gasteiger partial charge is 0.229 e. The summed E-state index contributed by atoms with van der Waals surface area (Å²) in [6, 6.07) is 18.4. The van der Waals surface area contributed by atoms with Gasteiger partial charge in [0.1, 0.15) is 5.75 Å². The highest BCUT2D eigenvalue weighted by Gasteiger charge is 2.22. The Kier molecular flexibility index (Phi) is 7.54. The van der Waals surface area contributed by atoms with E-state index in [1.54, 1.807) is 36.5 Å². The van der Waals surface area contributed by atoms with Crippen molar-refractivity contribution in [3.63, 3.8) is 0 Å². The van der Waals surface area contributed by atoms with Crippen LogP contribution in [0.3, 0.4) is 0 Å². The summed E-state index contributed by atoms with van der Waals surface area (Å²) in [7, 11) is -1.71. The number of hydrogen-bond donors (Lipinski definition) is 0. The molecule has 2 aromatic heterocycles. The van der Waals surface area contributed by atoms with E-state index in [9.17, 15) is 13.2 Å². The van der Waals surface area contributed by atoms with Crippen molar-refractivity contribution in [3.8, 4) is 5.75 Å². The number of hydrogen-bond acceptors (Lipinski definition) is 7. The number of anilines is 1. The van der Waals surface area contributed by atoms with Crippen LogP contribution in [0.25, 0.3) is 10.2 Å². The maximum Gasteiger partial charge on any atom is 0.229 e. The number of fused-ring (bicyclic) bond motifs is 1. The van der Waals surface area contributed by atoms with Crippen LogP contribution in [0.1, 0.15) is 24.0 Å². The van der Waals surface area contributed by atoms with Gasteiger partial charge >= 0.3 is 0 Å². The lowest BCUT2D eigenvalue weighted by Crippen LogP contribution is -2.30. The van der Waals surface area contributed by atoms with Gasteiger partial charge in [-0.25, -0.2) is 13.4 Å². The molecule has 4 aromatic rings. The van der Waals surface area contributed by atoms with E-state index < -0.39 is 9.84 Å². The Balaban J connectivity index is 1.49. The van der Waals surface area contributed by atoms with Gasteiger partial charge in [-0.3, -0.25) is 14.7 Å². The zero-order valence-electron chi connectivity index (χ0n) is 18.8. The number of thiazole rings is 1. The number of rotatable bonds is 10. The second-order valence-electron chi connectivity index (χ2n) is 7.85. The van der Waals surface area contributed by atoms with Gasteiger partial charge in [-0.1, -0.05) is 47.7 Å². The van der Waals surface area contributed by atoms with Crippen molar-refractivity contribution in [2.75, 3.05) is 17.8 Å². The van der Waals surface area contributed by atoms with Crippen LogP contribution in [0.5, 0.6) is 5.75 Å². The summed E-state index contributed by atoms with van der Waals surface area (Å²) in [4.78, 5) is 23.6. The van der Waals surface area contributed by atoms with E-state index in [0.29, 0.717) is 11.7 Å². The van der Waals surface area contributed by atoms with Gasteiger partial charge in [0.05, 0.1) is 35.4 Å². The van der Waals surface area contributed by atoms with Gasteiger partial charge in [-0.05, 0) is 41.8 Å². The lowest BCUT2D eigenvalue weighted by Gasteiger charge is -2.20. The van der Waals surface area contributed by atoms with Crippen LogP contribution in [-0.4, -0.2) is 37.2 Å². The van der Waals surface area contributed by atoms with Crippen LogP contribution in [0.4, 0.5) is 5.13 Å². The molecule has 176 valence electrons. The maximum atomic E-state index is 13.2. The molecule has 7 nitrogen and oxygen atoms in total. The molecule has 0 spiro atoms. The van der Waals surface area contributed by atoms with E-state index in [1.807, 2.05) is 48.5 Å². The Morgan fingerprint density at radius 1 is 1.06 bits per heavy atom. The molecule has 2 aromatic carbocycles. The first-order valence-corrected chi connectivity index (χ1v) is 13.5. The van der Waals surface area contributed by atoms with Crippen molar-refractivity contribution in [1.29, 1.82) is 0 Å².